The van der Waals surface area contributed by atoms with E-state index in [1.165, 1.54) is 41.7 Å². The Morgan fingerprint density at radius 1 is 1.00 bits per heavy atom. The molecule has 0 saturated carbocycles. The maximum absolute atomic E-state index is 13.6. The van der Waals surface area contributed by atoms with Crippen molar-refractivity contribution in [1.29, 1.82) is 0 Å². The Balaban J connectivity index is 1.51. The molecule has 4 rings (SSSR count). The number of likely N-dealkylation sites (N-methyl/N-ethyl adjacent to an activating group) is 1. The molecule has 3 amide bonds. The third-order valence-corrected chi connectivity index (χ3v) is 7.64. The van der Waals surface area contributed by atoms with Crippen LogP contribution < -0.4 is 10.2 Å². The molecule has 0 aliphatic carbocycles. The van der Waals surface area contributed by atoms with Gasteiger partial charge in [-0.05, 0) is 49.4 Å². The second-order valence-corrected chi connectivity index (χ2v) is 10.3. The molecule has 1 aromatic rings. The van der Waals surface area contributed by atoms with Crippen LogP contribution in [0.5, 0.6) is 0 Å². The largest absolute Gasteiger partial charge is 0.343 e. The maximum Gasteiger partial charge on any atom is 0.327 e. The van der Waals surface area contributed by atoms with E-state index in [0.717, 1.165) is 31.6 Å². The number of rotatable bonds is 8. The first-order valence-corrected chi connectivity index (χ1v) is 12.8. The average molecular weight is 456 g/mol. The Morgan fingerprint density at radius 3 is 2.45 bits per heavy atom. The molecular formula is C26H41N5O2. The van der Waals surface area contributed by atoms with Crippen molar-refractivity contribution in [3.05, 3.63) is 29.3 Å². The summed E-state index contributed by atoms with van der Waals surface area (Å²) in [6.07, 6.45) is 6.44. The van der Waals surface area contributed by atoms with Crippen molar-refractivity contribution >= 4 is 17.6 Å². The van der Waals surface area contributed by atoms with Gasteiger partial charge in [0, 0.05) is 32.4 Å². The lowest BCUT2D eigenvalue weighted by Gasteiger charge is -2.46. The van der Waals surface area contributed by atoms with Gasteiger partial charge in [0.15, 0.2) is 0 Å². The molecule has 3 heterocycles. The number of hydrogen-bond acceptors (Lipinski definition) is 5. The summed E-state index contributed by atoms with van der Waals surface area (Å²) >= 11 is 0. The number of amides is 3. The molecule has 3 fully saturated rings. The summed E-state index contributed by atoms with van der Waals surface area (Å²) in [7, 11) is 1.83. The lowest BCUT2D eigenvalue weighted by Crippen LogP contribution is -2.66. The van der Waals surface area contributed by atoms with Crippen molar-refractivity contribution in [2.45, 2.75) is 84.7 Å². The quantitative estimate of drug-likeness (QED) is 0.603. The van der Waals surface area contributed by atoms with Crippen LogP contribution >= 0.6 is 0 Å². The second-order valence-electron chi connectivity index (χ2n) is 10.3. The predicted molar refractivity (Wildman–Crippen MR) is 132 cm³/mol. The minimum atomic E-state index is -0.338. The standard InChI is InChI=1S/C26H41N5O2/c1-6-7-8-9-10-11-14-29-24(32)22-23(28(5)26(29)33)27-25-30(16-18(2)17-31(22)25)21-13-12-19(3)20(4)15-21/h12-13,15,18,22-23,25,27H,6-11,14,16-17H2,1-5H3. The fourth-order valence-electron chi connectivity index (χ4n) is 5.58. The molecule has 0 aromatic heterocycles. The van der Waals surface area contributed by atoms with E-state index in [2.05, 4.69) is 61.0 Å². The van der Waals surface area contributed by atoms with E-state index in [-0.39, 0.29) is 30.4 Å². The molecule has 3 aliphatic rings. The molecule has 3 saturated heterocycles. The van der Waals surface area contributed by atoms with Crippen LogP contribution in [-0.2, 0) is 4.79 Å². The monoisotopic (exact) mass is 455 g/mol. The zero-order valence-corrected chi connectivity index (χ0v) is 21.0. The fraction of sp³-hybridized carbons (Fsp3) is 0.692. The van der Waals surface area contributed by atoms with Gasteiger partial charge in [-0.25, -0.2) is 4.79 Å². The smallest absolute Gasteiger partial charge is 0.327 e. The van der Waals surface area contributed by atoms with Gasteiger partial charge in [0.1, 0.15) is 18.5 Å². The molecule has 0 bridgehead atoms. The number of hydrogen-bond donors (Lipinski definition) is 1. The normalized spacial score (nSPS) is 27.8. The minimum absolute atomic E-state index is 0.0409. The van der Waals surface area contributed by atoms with Crippen molar-refractivity contribution in [1.82, 2.24) is 20.0 Å². The van der Waals surface area contributed by atoms with E-state index in [9.17, 15) is 9.59 Å². The summed E-state index contributed by atoms with van der Waals surface area (Å²) in [4.78, 5) is 34.6. The molecule has 182 valence electrons. The predicted octanol–water partition coefficient (Wildman–Crippen LogP) is 3.90. The van der Waals surface area contributed by atoms with Gasteiger partial charge < -0.3 is 9.80 Å². The lowest BCUT2D eigenvalue weighted by molar-refractivity contribution is -0.138. The highest BCUT2D eigenvalue weighted by molar-refractivity contribution is 6.00. The number of carbonyl (C=O) groups excluding carboxylic acids is 2. The number of fused-ring (bicyclic) bond motifs is 3. The van der Waals surface area contributed by atoms with Crippen LogP contribution in [0.25, 0.3) is 0 Å². The number of nitrogens with zero attached hydrogens (tertiary/aromatic N) is 4. The van der Waals surface area contributed by atoms with Crippen LogP contribution in [0, 0.1) is 19.8 Å². The van der Waals surface area contributed by atoms with Crippen LogP contribution in [0.1, 0.15) is 63.5 Å². The molecule has 0 spiro atoms. The second kappa shape index (κ2) is 10.0. The van der Waals surface area contributed by atoms with Gasteiger partial charge in [-0.1, -0.05) is 52.0 Å². The minimum Gasteiger partial charge on any atom is -0.343 e. The number of benzene rings is 1. The Bertz CT molecular complexity index is 874. The van der Waals surface area contributed by atoms with Gasteiger partial charge in [0.2, 0.25) is 0 Å². The first-order chi connectivity index (χ1) is 15.8. The number of carbonyl (C=O) groups is 2. The molecule has 4 unspecified atom stereocenters. The van der Waals surface area contributed by atoms with E-state index in [1.54, 1.807) is 4.90 Å². The summed E-state index contributed by atoms with van der Waals surface area (Å²) in [5.41, 5.74) is 3.71. The van der Waals surface area contributed by atoms with E-state index >= 15 is 0 Å². The van der Waals surface area contributed by atoms with Crippen molar-refractivity contribution in [2.24, 2.45) is 5.92 Å². The molecule has 3 aliphatic heterocycles. The molecule has 33 heavy (non-hydrogen) atoms. The molecule has 1 N–H and O–H groups in total. The SMILES string of the molecule is CCCCCCCCN1C(=O)C2C(NC3N(c4ccc(C)c(C)c4)CC(C)CN23)N(C)C1=O. The van der Waals surface area contributed by atoms with Crippen LogP contribution in [0.15, 0.2) is 18.2 Å². The van der Waals surface area contributed by atoms with Crippen molar-refractivity contribution < 1.29 is 9.59 Å². The summed E-state index contributed by atoms with van der Waals surface area (Å²) in [5, 5.41) is 3.63. The van der Waals surface area contributed by atoms with Crippen molar-refractivity contribution in [3.63, 3.8) is 0 Å². The Labute approximate surface area is 199 Å². The van der Waals surface area contributed by atoms with Gasteiger partial charge >= 0.3 is 6.03 Å². The number of unbranched alkanes of at least 4 members (excludes halogenated alkanes) is 5. The van der Waals surface area contributed by atoms with Crippen LogP contribution in [0.3, 0.4) is 0 Å². The molecular weight excluding hydrogens is 414 g/mol. The molecule has 1 aromatic carbocycles. The van der Waals surface area contributed by atoms with Crippen molar-refractivity contribution in [3.8, 4) is 0 Å². The topological polar surface area (TPSA) is 59.1 Å². The molecule has 0 radical (unpaired) electrons. The fourth-order valence-corrected chi connectivity index (χ4v) is 5.58. The third-order valence-electron chi connectivity index (χ3n) is 7.64. The summed E-state index contributed by atoms with van der Waals surface area (Å²) in [6, 6.07) is 6.06. The third kappa shape index (κ3) is 4.62. The lowest BCUT2D eigenvalue weighted by atomic mass is 10.0. The highest BCUT2D eigenvalue weighted by Gasteiger charge is 2.56. The van der Waals surface area contributed by atoms with Gasteiger partial charge in [0.05, 0.1) is 0 Å². The summed E-state index contributed by atoms with van der Waals surface area (Å²) in [5.74, 6) is 0.381. The number of aryl methyl sites for hydroxylation is 2. The van der Waals surface area contributed by atoms with Crippen molar-refractivity contribution in [2.75, 3.05) is 31.6 Å². The summed E-state index contributed by atoms with van der Waals surface area (Å²) < 4.78 is 0. The van der Waals surface area contributed by atoms with Crippen LogP contribution in [0.4, 0.5) is 10.5 Å². The van der Waals surface area contributed by atoms with E-state index in [1.807, 2.05) is 7.05 Å². The van der Waals surface area contributed by atoms with Gasteiger partial charge in [0.25, 0.3) is 5.91 Å². The van der Waals surface area contributed by atoms with Gasteiger partial charge in [-0.15, -0.1) is 0 Å². The first-order valence-electron chi connectivity index (χ1n) is 12.8. The Kier molecular flexibility index (Phi) is 7.29. The zero-order chi connectivity index (χ0) is 23.7. The number of imide groups is 1. The number of nitrogens with one attached hydrogen (secondary N) is 1. The molecule has 7 heteroatoms. The number of urea groups is 1. The van der Waals surface area contributed by atoms with Crippen LogP contribution in [0.2, 0.25) is 0 Å². The zero-order valence-electron chi connectivity index (χ0n) is 21.0. The Hall–Kier alpha value is -2.12. The first kappa shape index (κ1) is 24.0. The average Bonchev–Trinajstić information content (AvgIpc) is 3.17. The van der Waals surface area contributed by atoms with E-state index in [4.69, 9.17) is 0 Å². The molecule has 4 atom stereocenters. The number of anilines is 1. The Morgan fingerprint density at radius 2 is 1.73 bits per heavy atom. The highest BCUT2D eigenvalue weighted by atomic mass is 16.2. The van der Waals surface area contributed by atoms with Gasteiger partial charge in [-0.2, -0.15) is 0 Å². The van der Waals surface area contributed by atoms with E-state index in [0.29, 0.717) is 12.5 Å². The maximum atomic E-state index is 13.6. The highest BCUT2D eigenvalue weighted by Crippen LogP contribution is 2.35. The van der Waals surface area contributed by atoms with Crippen LogP contribution in [-0.4, -0.2) is 71.8 Å². The van der Waals surface area contributed by atoms with E-state index < -0.39 is 0 Å². The molecule has 7 nitrogen and oxygen atoms in total. The summed E-state index contributed by atoms with van der Waals surface area (Å²) in [6.45, 7) is 11.0. The van der Waals surface area contributed by atoms with Gasteiger partial charge in [-0.3, -0.25) is 19.9 Å².